The Kier molecular flexibility index (Phi) is 4.76. The first kappa shape index (κ1) is 16.8. The number of hydrogen-bond acceptors (Lipinski definition) is 4. The van der Waals surface area contributed by atoms with Crippen LogP contribution < -0.4 is 10.1 Å². The van der Waals surface area contributed by atoms with Gasteiger partial charge in [-0.25, -0.2) is 4.79 Å². The largest absolute Gasteiger partial charge is 0.492 e. The Morgan fingerprint density at radius 3 is 2.71 bits per heavy atom. The van der Waals surface area contributed by atoms with Crippen LogP contribution in [-0.2, 0) is 4.79 Å². The summed E-state index contributed by atoms with van der Waals surface area (Å²) in [5, 5.41) is 2.88. The van der Waals surface area contributed by atoms with Crippen LogP contribution in [0.1, 0.15) is 19.8 Å². The smallest absolute Gasteiger partial charge is 0.324 e. The third-order valence-corrected chi connectivity index (χ3v) is 5.16. The van der Waals surface area contributed by atoms with Crippen LogP contribution in [0.5, 0.6) is 5.75 Å². The molecular weight excluding hydrogens is 306 g/mol. The van der Waals surface area contributed by atoms with E-state index < -0.39 is 5.54 Å². The summed E-state index contributed by atoms with van der Waals surface area (Å²) in [4.78, 5) is 27.8. The summed E-state index contributed by atoms with van der Waals surface area (Å²) in [7, 11) is 1.54. The molecule has 2 aliphatic rings. The lowest BCUT2D eigenvalue weighted by Gasteiger charge is -2.39. The number of carbonyl (C=O) groups is 2. The van der Waals surface area contributed by atoms with Crippen molar-refractivity contribution in [1.29, 1.82) is 0 Å². The van der Waals surface area contributed by atoms with Gasteiger partial charge in [-0.1, -0.05) is 18.2 Å². The number of amides is 3. The Morgan fingerprint density at radius 2 is 2.04 bits per heavy atom. The minimum Gasteiger partial charge on any atom is -0.492 e. The van der Waals surface area contributed by atoms with Crippen LogP contribution in [0.15, 0.2) is 30.3 Å². The van der Waals surface area contributed by atoms with Crippen LogP contribution in [0.25, 0.3) is 0 Å². The van der Waals surface area contributed by atoms with Gasteiger partial charge in [0.05, 0.1) is 0 Å². The van der Waals surface area contributed by atoms with E-state index >= 15 is 0 Å². The highest BCUT2D eigenvalue weighted by atomic mass is 16.5. The molecule has 3 amide bonds. The number of para-hydroxylation sites is 1. The summed E-state index contributed by atoms with van der Waals surface area (Å²) in [6.07, 6.45) is 1.98. The Hall–Kier alpha value is -2.08. The molecule has 2 atom stereocenters. The molecule has 130 valence electrons. The van der Waals surface area contributed by atoms with E-state index in [1.807, 2.05) is 37.3 Å². The van der Waals surface area contributed by atoms with Crippen molar-refractivity contribution in [3.63, 3.8) is 0 Å². The number of nitrogens with one attached hydrogen (secondary N) is 1. The van der Waals surface area contributed by atoms with E-state index in [2.05, 4.69) is 10.2 Å². The molecule has 0 spiro atoms. The number of carbonyl (C=O) groups excluding carboxylic acids is 2. The maximum Gasteiger partial charge on any atom is 0.324 e. The van der Waals surface area contributed by atoms with Crippen LogP contribution in [-0.4, -0.2) is 60.6 Å². The van der Waals surface area contributed by atoms with E-state index in [0.29, 0.717) is 6.61 Å². The number of hydrogen-bond donors (Lipinski definition) is 1. The third kappa shape index (κ3) is 3.24. The molecule has 2 fully saturated rings. The fourth-order valence-electron chi connectivity index (χ4n) is 3.62. The number of likely N-dealkylation sites (N-methyl/N-ethyl adjacent to an activating group) is 1. The second kappa shape index (κ2) is 6.81. The molecule has 1 N–H and O–H groups in total. The number of rotatable bonds is 5. The quantitative estimate of drug-likeness (QED) is 0.835. The van der Waals surface area contributed by atoms with Gasteiger partial charge < -0.3 is 10.1 Å². The monoisotopic (exact) mass is 331 g/mol. The van der Waals surface area contributed by atoms with Crippen LogP contribution >= 0.6 is 0 Å². The topological polar surface area (TPSA) is 61.9 Å². The van der Waals surface area contributed by atoms with Gasteiger partial charge in [0.25, 0.3) is 5.91 Å². The van der Waals surface area contributed by atoms with E-state index in [0.717, 1.165) is 38.2 Å². The summed E-state index contributed by atoms with van der Waals surface area (Å²) < 4.78 is 5.76. The fourth-order valence-corrected chi connectivity index (χ4v) is 3.62. The Labute approximate surface area is 142 Å². The first-order chi connectivity index (χ1) is 11.5. The summed E-state index contributed by atoms with van der Waals surface area (Å²) >= 11 is 0. The highest BCUT2D eigenvalue weighted by molar-refractivity contribution is 6.06. The maximum atomic E-state index is 12.4. The van der Waals surface area contributed by atoms with Crippen molar-refractivity contribution in [2.45, 2.75) is 25.3 Å². The SMILES string of the molecule is CN1C(=O)N[C@@](C)([C@@H]2CCCN(CCOc3ccccc3)C2)C1=O. The zero-order chi connectivity index (χ0) is 17.2. The predicted molar refractivity (Wildman–Crippen MR) is 90.8 cm³/mol. The van der Waals surface area contributed by atoms with Crippen molar-refractivity contribution < 1.29 is 14.3 Å². The molecule has 0 aliphatic carbocycles. The molecule has 24 heavy (non-hydrogen) atoms. The predicted octanol–water partition coefficient (Wildman–Crippen LogP) is 1.72. The normalized spacial score (nSPS) is 28.1. The fraction of sp³-hybridized carbons (Fsp3) is 0.556. The summed E-state index contributed by atoms with van der Waals surface area (Å²) in [5.74, 6) is 0.877. The summed E-state index contributed by atoms with van der Waals surface area (Å²) in [6.45, 7) is 5.09. The van der Waals surface area contributed by atoms with Gasteiger partial charge in [-0.15, -0.1) is 0 Å². The molecule has 6 nitrogen and oxygen atoms in total. The van der Waals surface area contributed by atoms with Gasteiger partial charge in [0.15, 0.2) is 0 Å². The number of ether oxygens (including phenoxy) is 1. The van der Waals surface area contributed by atoms with Crippen molar-refractivity contribution >= 4 is 11.9 Å². The Balaban J connectivity index is 1.55. The van der Waals surface area contributed by atoms with Gasteiger partial charge in [0.2, 0.25) is 0 Å². The third-order valence-electron chi connectivity index (χ3n) is 5.16. The van der Waals surface area contributed by atoms with Gasteiger partial charge in [0, 0.05) is 26.1 Å². The van der Waals surface area contributed by atoms with Crippen LogP contribution in [0.4, 0.5) is 4.79 Å². The summed E-state index contributed by atoms with van der Waals surface area (Å²) in [5.41, 5.74) is -0.787. The van der Waals surface area contributed by atoms with E-state index in [9.17, 15) is 9.59 Å². The minimum absolute atomic E-state index is 0.125. The van der Waals surface area contributed by atoms with Crippen molar-refractivity contribution in [3.05, 3.63) is 30.3 Å². The number of likely N-dealkylation sites (tertiary alicyclic amines) is 1. The van der Waals surface area contributed by atoms with Gasteiger partial charge in [-0.3, -0.25) is 14.6 Å². The number of nitrogens with zero attached hydrogens (tertiary/aromatic N) is 2. The van der Waals surface area contributed by atoms with Crippen molar-refractivity contribution in [2.24, 2.45) is 5.92 Å². The Morgan fingerprint density at radius 1 is 1.29 bits per heavy atom. The number of piperidine rings is 1. The molecule has 2 saturated heterocycles. The molecule has 0 unspecified atom stereocenters. The molecule has 1 aromatic carbocycles. The zero-order valence-corrected chi connectivity index (χ0v) is 14.3. The number of urea groups is 1. The van der Waals surface area contributed by atoms with Crippen LogP contribution in [0, 0.1) is 5.92 Å². The Bertz CT molecular complexity index is 607. The van der Waals surface area contributed by atoms with Crippen molar-refractivity contribution in [3.8, 4) is 5.75 Å². The lowest BCUT2D eigenvalue weighted by Crippen LogP contribution is -2.56. The molecule has 1 aromatic rings. The molecule has 2 aliphatic heterocycles. The lowest BCUT2D eigenvalue weighted by molar-refractivity contribution is -0.132. The zero-order valence-electron chi connectivity index (χ0n) is 14.3. The maximum absolute atomic E-state index is 12.4. The minimum atomic E-state index is -0.787. The van der Waals surface area contributed by atoms with Crippen molar-refractivity contribution in [2.75, 3.05) is 33.3 Å². The van der Waals surface area contributed by atoms with Crippen LogP contribution in [0.3, 0.4) is 0 Å². The molecule has 0 radical (unpaired) electrons. The highest BCUT2D eigenvalue weighted by Crippen LogP contribution is 2.31. The summed E-state index contributed by atoms with van der Waals surface area (Å²) in [6, 6.07) is 9.47. The average Bonchev–Trinajstić information content (AvgIpc) is 2.80. The first-order valence-corrected chi connectivity index (χ1v) is 8.51. The highest BCUT2D eigenvalue weighted by Gasteiger charge is 2.51. The molecular formula is C18H25N3O3. The van der Waals surface area contributed by atoms with E-state index in [-0.39, 0.29) is 17.9 Å². The second-order valence-electron chi connectivity index (χ2n) is 6.80. The van der Waals surface area contributed by atoms with E-state index in [4.69, 9.17) is 4.74 Å². The molecule has 0 aromatic heterocycles. The molecule has 2 heterocycles. The van der Waals surface area contributed by atoms with Gasteiger partial charge in [-0.05, 0) is 38.4 Å². The second-order valence-corrected chi connectivity index (χ2v) is 6.80. The van der Waals surface area contributed by atoms with E-state index in [1.165, 1.54) is 11.9 Å². The average molecular weight is 331 g/mol. The van der Waals surface area contributed by atoms with E-state index in [1.54, 1.807) is 0 Å². The molecule has 6 heteroatoms. The van der Waals surface area contributed by atoms with Crippen molar-refractivity contribution in [1.82, 2.24) is 15.1 Å². The standard InChI is InChI=1S/C18H25N3O3/c1-18(16(22)20(2)17(23)19-18)14-7-6-10-21(13-14)11-12-24-15-8-4-3-5-9-15/h3-5,8-9,14H,6-7,10-13H2,1-2H3,(H,19,23)/t14-,18+/m1/s1. The van der Waals surface area contributed by atoms with Gasteiger partial charge >= 0.3 is 6.03 Å². The van der Waals surface area contributed by atoms with Gasteiger partial charge in [0.1, 0.15) is 17.9 Å². The molecule has 3 rings (SSSR count). The number of benzene rings is 1. The van der Waals surface area contributed by atoms with Crippen LogP contribution in [0.2, 0.25) is 0 Å². The van der Waals surface area contributed by atoms with Gasteiger partial charge in [-0.2, -0.15) is 0 Å². The molecule has 0 bridgehead atoms. The lowest BCUT2D eigenvalue weighted by atomic mass is 9.80. The number of imide groups is 1. The first-order valence-electron chi connectivity index (χ1n) is 8.51. The molecule has 0 saturated carbocycles.